The highest BCUT2D eigenvalue weighted by molar-refractivity contribution is 6.31. The Morgan fingerprint density at radius 1 is 1.03 bits per heavy atom. The Kier molecular flexibility index (Phi) is 15.0. The van der Waals surface area contributed by atoms with Crippen molar-refractivity contribution in [2.75, 3.05) is 7.05 Å². The minimum Gasteiger partial charge on any atom is -0.333 e. The molecule has 2 atom stereocenters. The van der Waals surface area contributed by atoms with Gasteiger partial charge >= 0.3 is 6.18 Å². The van der Waals surface area contributed by atoms with Crippen molar-refractivity contribution in [3.8, 4) is 0 Å². The Morgan fingerprint density at radius 3 is 1.97 bits per heavy atom. The number of ketones is 1. The first kappa shape index (κ1) is 32.1. The van der Waals surface area contributed by atoms with Gasteiger partial charge < -0.3 is 15.3 Å². The summed E-state index contributed by atoms with van der Waals surface area (Å²) in [5.41, 5.74) is 6.33. The van der Waals surface area contributed by atoms with Crippen LogP contribution in [-0.2, 0) is 9.59 Å². The summed E-state index contributed by atoms with van der Waals surface area (Å²) in [4.78, 5) is 19.7. The molecule has 8 heteroatoms. The molecule has 0 aromatic heterocycles. The van der Waals surface area contributed by atoms with Crippen LogP contribution in [0.5, 0.6) is 0 Å². The van der Waals surface area contributed by atoms with Crippen LogP contribution in [0.2, 0.25) is 10.0 Å². The number of Topliss-reactive ketones (excluding diaryl/α,β-unsaturated/α-hetero) is 1. The van der Waals surface area contributed by atoms with Gasteiger partial charge in [-0.25, -0.2) is 0 Å². The molecule has 0 bridgehead atoms. The normalized spacial score (nSPS) is 14.2. The van der Waals surface area contributed by atoms with Crippen molar-refractivity contribution >= 4 is 35.8 Å². The van der Waals surface area contributed by atoms with E-state index in [1.165, 1.54) is 7.05 Å². The summed E-state index contributed by atoms with van der Waals surface area (Å²) in [7, 11) is 1.50. The van der Waals surface area contributed by atoms with Crippen molar-refractivity contribution in [2.45, 2.75) is 64.5 Å². The maximum atomic E-state index is 13.3. The molecular weight excluding hydrogens is 486 g/mol. The zero-order valence-electron chi connectivity index (χ0n) is 20.1. The molecule has 2 aromatic carbocycles. The number of nitrogens with two attached hydrogens (primary N) is 1. The summed E-state index contributed by atoms with van der Waals surface area (Å²) in [6.07, 6.45) is -2.88. The van der Waals surface area contributed by atoms with Crippen molar-refractivity contribution in [1.82, 2.24) is 0 Å². The van der Waals surface area contributed by atoms with Crippen LogP contribution < -0.4 is 5.73 Å². The van der Waals surface area contributed by atoms with Crippen LogP contribution in [-0.4, -0.2) is 25.8 Å². The van der Waals surface area contributed by atoms with Crippen molar-refractivity contribution in [3.63, 3.8) is 0 Å². The summed E-state index contributed by atoms with van der Waals surface area (Å²) in [5, 5.41) is 0.759. The SMILES string of the molecule is C=O.CC.CC(=O)CC(c1ccc(Cl)c([C@@H](CC(F)(F)F)c2ccc(Cl)cc2)c1)C1CC1.CN. The first-order valence-corrected chi connectivity index (χ1v) is 11.9. The molecule has 1 fully saturated rings. The maximum Gasteiger partial charge on any atom is 0.390 e. The number of halogens is 5. The van der Waals surface area contributed by atoms with E-state index in [1.54, 1.807) is 43.3 Å². The molecule has 1 aliphatic carbocycles. The molecule has 0 radical (unpaired) electrons. The predicted octanol–water partition coefficient (Wildman–Crippen LogP) is 7.97. The number of carbonyl (C=O) groups is 2. The van der Waals surface area contributed by atoms with Crippen LogP contribution in [0.3, 0.4) is 0 Å². The fraction of sp³-hybridized carbons (Fsp3) is 0.462. The number of benzene rings is 2. The van der Waals surface area contributed by atoms with Crippen LogP contribution in [0, 0.1) is 5.92 Å². The molecule has 2 aromatic rings. The summed E-state index contributed by atoms with van der Waals surface area (Å²) in [6.45, 7) is 7.55. The minimum absolute atomic E-state index is 0.0327. The second kappa shape index (κ2) is 15.9. The van der Waals surface area contributed by atoms with Crippen molar-refractivity contribution in [3.05, 3.63) is 69.2 Å². The third-order valence-electron chi connectivity index (χ3n) is 5.23. The molecule has 0 heterocycles. The molecular formula is C26H34Cl2F3NO2. The van der Waals surface area contributed by atoms with Gasteiger partial charge in [0, 0.05) is 22.4 Å². The summed E-state index contributed by atoms with van der Waals surface area (Å²) in [6, 6.07) is 11.6. The summed E-state index contributed by atoms with van der Waals surface area (Å²) in [5.74, 6) is -0.403. The van der Waals surface area contributed by atoms with E-state index in [2.05, 4.69) is 5.73 Å². The van der Waals surface area contributed by atoms with Crippen LogP contribution >= 0.6 is 23.2 Å². The topological polar surface area (TPSA) is 60.2 Å². The Morgan fingerprint density at radius 2 is 1.53 bits per heavy atom. The number of hydrogen-bond acceptors (Lipinski definition) is 3. The van der Waals surface area contributed by atoms with Gasteiger partial charge in [-0.2, -0.15) is 13.2 Å². The Balaban J connectivity index is 0.00000168. The molecule has 1 unspecified atom stereocenters. The van der Waals surface area contributed by atoms with Gasteiger partial charge in [0.25, 0.3) is 0 Å². The molecule has 0 amide bonds. The minimum atomic E-state index is -4.35. The molecule has 0 spiro atoms. The van der Waals surface area contributed by atoms with Crippen LogP contribution in [0.25, 0.3) is 0 Å². The van der Waals surface area contributed by atoms with E-state index < -0.39 is 18.5 Å². The highest BCUT2D eigenvalue weighted by atomic mass is 35.5. The Labute approximate surface area is 210 Å². The van der Waals surface area contributed by atoms with Crippen molar-refractivity contribution < 1.29 is 22.8 Å². The van der Waals surface area contributed by atoms with Gasteiger partial charge in [-0.05, 0) is 73.5 Å². The second-order valence-corrected chi connectivity index (χ2v) is 8.40. The fourth-order valence-corrected chi connectivity index (χ4v) is 4.13. The lowest BCUT2D eigenvalue weighted by Gasteiger charge is -2.23. The predicted molar refractivity (Wildman–Crippen MR) is 135 cm³/mol. The number of rotatable bonds is 7. The third-order valence-corrected chi connectivity index (χ3v) is 5.83. The molecule has 190 valence electrons. The van der Waals surface area contributed by atoms with Gasteiger partial charge in [0.15, 0.2) is 0 Å². The van der Waals surface area contributed by atoms with E-state index in [4.69, 9.17) is 28.0 Å². The third kappa shape index (κ3) is 10.6. The zero-order valence-corrected chi connectivity index (χ0v) is 21.6. The van der Waals surface area contributed by atoms with Crippen molar-refractivity contribution in [1.29, 1.82) is 0 Å². The Bertz CT molecular complexity index is 869. The standard InChI is InChI=1S/C22H21Cl2F3O.C2H6.CH5N.CH2O/c1-13(28)10-18(14-2-3-14)16-6-9-21(24)19(11-16)20(12-22(25,26)27)15-4-7-17(23)8-5-15;3*1-2/h4-9,11,14,18,20H,2-3,10,12H2,1H3;1-2H3;2H2,1H3;1H2/t18?,20-;;;/m0.../s1. The van der Waals surface area contributed by atoms with E-state index in [0.717, 1.165) is 18.4 Å². The zero-order chi connectivity index (χ0) is 26.5. The van der Waals surface area contributed by atoms with E-state index in [0.29, 0.717) is 33.5 Å². The molecule has 1 saturated carbocycles. The first-order chi connectivity index (χ1) is 16.1. The van der Waals surface area contributed by atoms with Crippen LogP contribution in [0.4, 0.5) is 13.2 Å². The lowest BCUT2D eigenvalue weighted by Crippen LogP contribution is -2.16. The highest BCUT2D eigenvalue weighted by Crippen LogP contribution is 2.47. The van der Waals surface area contributed by atoms with E-state index in [-0.39, 0.29) is 11.7 Å². The van der Waals surface area contributed by atoms with Gasteiger partial charge in [-0.1, -0.05) is 61.3 Å². The number of alkyl halides is 3. The average molecular weight is 520 g/mol. The van der Waals surface area contributed by atoms with E-state index >= 15 is 0 Å². The maximum absolute atomic E-state index is 13.3. The number of carbonyl (C=O) groups excluding carboxylic acids is 2. The quantitative estimate of drug-likeness (QED) is 0.403. The summed E-state index contributed by atoms with van der Waals surface area (Å²) >= 11 is 12.2. The molecule has 3 rings (SSSR count). The van der Waals surface area contributed by atoms with Gasteiger partial charge in [0.2, 0.25) is 0 Å². The highest BCUT2D eigenvalue weighted by Gasteiger charge is 2.36. The van der Waals surface area contributed by atoms with E-state index in [9.17, 15) is 18.0 Å². The second-order valence-electron chi connectivity index (χ2n) is 7.55. The van der Waals surface area contributed by atoms with Gasteiger partial charge in [-0.3, -0.25) is 0 Å². The Hall–Kier alpha value is -1.89. The molecule has 0 aliphatic heterocycles. The average Bonchev–Trinajstić information content (AvgIpc) is 3.66. The molecule has 3 nitrogen and oxygen atoms in total. The smallest absolute Gasteiger partial charge is 0.333 e. The van der Waals surface area contributed by atoms with E-state index in [1.807, 2.05) is 26.7 Å². The van der Waals surface area contributed by atoms with Gasteiger partial charge in [0.1, 0.15) is 12.6 Å². The van der Waals surface area contributed by atoms with Crippen LogP contribution in [0.1, 0.15) is 75.0 Å². The lowest BCUT2D eigenvalue weighted by molar-refractivity contribution is -0.136. The first-order valence-electron chi connectivity index (χ1n) is 11.1. The molecule has 1 aliphatic rings. The number of hydrogen-bond donors (Lipinski definition) is 1. The molecule has 34 heavy (non-hydrogen) atoms. The van der Waals surface area contributed by atoms with Crippen LogP contribution in [0.15, 0.2) is 42.5 Å². The summed E-state index contributed by atoms with van der Waals surface area (Å²) < 4.78 is 40.0. The van der Waals surface area contributed by atoms with Crippen molar-refractivity contribution in [2.24, 2.45) is 11.7 Å². The van der Waals surface area contributed by atoms with Gasteiger partial charge in [0.05, 0.1) is 6.42 Å². The van der Waals surface area contributed by atoms with Gasteiger partial charge in [-0.15, -0.1) is 0 Å². The lowest BCUT2D eigenvalue weighted by atomic mass is 9.83. The largest absolute Gasteiger partial charge is 0.390 e. The monoisotopic (exact) mass is 519 g/mol. The fourth-order valence-electron chi connectivity index (χ4n) is 3.76. The molecule has 0 saturated heterocycles. The molecule has 2 N–H and O–H groups in total.